The molecule has 0 aliphatic heterocycles. The summed E-state index contributed by atoms with van der Waals surface area (Å²) in [6.07, 6.45) is 8.10. The molecule has 0 radical (unpaired) electrons. The second-order valence-electron chi connectivity index (χ2n) is 9.72. The lowest BCUT2D eigenvalue weighted by Gasteiger charge is -2.14. The minimum Gasteiger partial charge on any atom is -0.508 e. The molecule has 214 valence electrons. The molecule has 8 nitrogen and oxygen atoms in total. The zero-order valence-corrected chi connectivity index (χ0v) is 23.5. The van der Waals surface area contributed by atoms with Gasteiger partial charge in [-0.1, -0.05) is 44.4 Å². The van der Waals surface area contributed by atoms with Crippen molar-refractivity contribution in [1.29, 1.82) is 0 Å². The highest BCUT2D eigenvalue weighted by Gasteiger charge is 2.10. The van der Waals surface area contributed by atoms with Gasteiger partial charge in [-0.2, -0.15) is 0 Å². The molecule has 0 bridgehead atoms. The molecule has 5 N–H and O–H groups in total. The average Bonchev–Trinajstić information content (AvgIpc) is 2.91. The molecule has 0 aliphatic carbocycles. The van der Waals surface area contributed by atoms with Gasteiger partial charge in [0.25, 0.3) is 0 Å². The third kappa shape index (κ3) is 13.1. The van der Waals surface area contributed by atoms with Crippen molar-refractivity contribution in [2.24, 2.45) is 0 Å². The number of rotatable bonds is 21. The number of nitrogens with one attached hydrogen (secondary N) is 2. The quantitative estimate of drug-likeness (QED) is 0.143. The summed E-state index contributed by atoms with van der Waals surface area (Å²) < 4.78 is 32.4. The van der Waals surface area contributed by atoms with Crippen LogP contribution in [0.1, 0.15) is 81.1 Å². The molecule has 0 aliphatic rings. The fraction of sp³-hybridized carbons (Fsp3) is 0.586. The number of hydrogen-bond donors (Lipinski definition) is 5. The number of aliphatic hydroxyl groups is 2. The lowest BCUT2D eigenvalue weighted by Crippen LogP contribution is -2.22. The lowest BCUT2D eigenvalue weighted by molar-refractivity contribution is 0.126. The molecule has 0 fully saturated rings. The Morgan fingerprint density at radius 3 is 2.34 bits per heavy atom. The van der Waals surface area contributed by atoms with Gasteiger partial charge >= 0.3 is 0 Å². The highest BCUT2D eigenvalue weighted by Crippen LogP contribution is 2.22. The maximum absolute atomic E-state index is 12.0. The van der Waals surface area contributed by atoms with E-state index in [4.69, 9.17) is 4.74 Å². The number of sulfonamides is 1. The van der Waals surface area contributed by atoms with E-state index in [0.29, 0.717) is 29.8 Å². The van der Waals surface area contributed by atoms with Crippen LogP contribution < -0.4 is 10.0 Å². The van der Waals surface area contributed by atoms with Crippen LogP contribution in [0.25, 0.3) is 0 Å². The van der Waals surface area contributed by atoms with Crippen LogP contribution in [0.5, 0.6) is 5.75 Å². The number of aromatic hydroxyl groups is 1. The maximum atomic E-state index is 12.0. The van der Waals surface area contributed by atoms with Crippen molar-refractivity contribution in [3.63, 3.8) is 0 Å². The second-order valence-corrected chi connectivity index (χ2v) is 11.6. The van der Waals surface area contributed by atoms with E-state index in [1.54, 1.807) is 12.1 Å². The third-order valence-corrected chi connectivity index (χ3v) is 7.76. The van der Waals surface area contributed by atoms with Gasteiger partial charge in [-0.05, 0) is 80.5 Å². The molecule has 9 heteroatoms. The lowest BCUT2D eigenvalue weighted by atomic mass is 10.1. The fourth-order valence-corrected chi connectivity index (χ4v) is 5.31. The molecule has 38 heavy (non-hydrogen) atoms. The number of aliphatic hydroxyl groups excluding tert-OH is 2. The average molecular weight is 551 g/mol. The van der Waals surface area contributed by atoms with E-state index in [1.165, 1.54) is 11.6 Å². The number of hydrogen-bond acceptors (Lipinski definition) is 7. The number of unbranched alkanes of at least 4 members (excludes halogenated alkanes) is 5. The number of ether oxygens (including phenoxy) is 1. The van der Waals surface area contributed by atoms with Crippen molar-refractivity contribution >= 4 is 15.7 Å². The molecular weight excluding hydrogens is 504 g/mol. The van der Waals surface area contributed by atoms with Gasteiger partial charge in [-0.3, -0.25) is 4.72 Å². The molecule has 2 rings (SSSR count). The molecular formula is C29H46N2O6S. The van der Waals surface area contributed by atoms with Gasteiger partial charge in [0.05, 0.1) is 18.5 Å². The molecule has 2 aromatic carbocycles. The van der Waals surface area contributed by atoms with E-state index in [1.807, 2.05) is 31.2 Å². The second kappa shape index (κ2) is 18.2. The number of phenols is 1. The van der Waals surface area contributed by atoms with Gasteiger partial charge in [0.1, 0.15) is 5.75 Å². The third-order valence-electron chi connectivity index (χ3n) is 6.39. The Bertz CT molecular complexity index is 1010. The Labute approximate surface area is 228 Å². The number of anilines is 1. The Hall–Kier alpha value is -2.17. The minimum atomic E-state index is -3.26. The summed E-state index contributed by atoms with van der Waals surface area (Å²) in [6, 6.07) is 12.4. The van der Waals surface area contributed by atoms with Gasteiger partial charge in [0.15, 0.2) is 0 Å². The van der Waals surface area contributed by atoms with Crippen LogP contribution in [0.15, 0.2) is 42.5 Å². The van der Waals surface area contributed by atoms with Gasteiger partial charge in [-0.15, -0.1) is 0 Å². The molecule has 0 spiro atoms. The van der Waals surface area contributed by atoms with E-state index in [0.717, 1.165) is 71.1 Å². The van der Waals surface area contributed by atoms with Crippen molar-refractivity contribution < 1.29 is 28.5 Å². The molecule has 2 aromatic rings. The van der Waals surface area contributed by atoms with Crippen molar-refractivity contribution in [2.45, 2.75) is 77.4 Å². The molecule has 0 saturated heterocycles. The molecule has 0 heterocycles. The first-order chi connectivity index (χ1) is 18.3. The summed E-state index contributed by atoms with van der Waals surface area (Å²) in [4.78, 5) is 0. The zero-order chi connectivity index (χ0) is 27.6. The maximum Gasteiger partial charge on any atom is 0.232 e. The predicted molar refractivity (Wildman–Crippen MR) is 153 cm³/mol. The Morgan fingerprint density at radius 2 is 1.63 bits per heavy atom. The van der Waals surface area contributed by atoms with Crippen molar-refractivity contribution in [2.75, 3.05) is 36.8 Å². The molecule has 0 aromatic heterocycles. The smallest absolute Gasteiger partial charge is 0.232 e. The van der Waals surface area contributed by atoms with Gasteiger partial charge in [0, 0.05) is 31.0 Å². The SMILES string of the molecule is CCCCS(=O)(=O)Nc1ccc(CCCCOCCCCCCNCC(O)c2ccc(O)c(CO)c2)cc1. The number of aryl methyl sites for hydroxylation is 1. The summed E-state index contributed by atoms with van der Waals surface area (Å²) in [5.41, 5.74) is 2.91. The van der Waals surface area contributed by atoms with Crippen molar-refractivity contribution in [1.82, 2.24) is 5.32 Å². The first kappa shape index (κ1) is 32.0. The topological polar surface area (TPSA) is 128 Å². The van der Waals surface area contributed by atoms with Crippen LogP contribution in [-0.2, 0) is 27.8 Å². The van der Waals surface area contributed by atoms with Crippen LogP contribution in [-0.4, -0.2) is 55.8 Å². The largest absolute Gasteiger partial charge is 0.508 e. The summed E-state index contributed by atoms with van der Waals surface area (Å²) in [5, 5.41) is 32.4. The normalized spacial score (nSPS) is 12.5. The predicted octanol–water partition coefficient (Wildman–Crippen LogP) is 4.65. The van der Waals surface area contributed by atoms with Gasteiger partial charge < -0.3 is 25.4 Å². The molecule has 1 unspecified atom stereocenters. The summed E-state index contributed by atoms with van der Waals surface area (Å²) in [5.74, 6) is 0.194. The first-order valence-electron chi connectivity index (χ1n) is 13.8. The summed E-state index contributed by atoms with van der Waals surface area (Å²) >= 11 is 0. The van der Waals surface area contributed by atoms with E-state index >= 15 is 0 Å². The van der Waals surface area contributed by atoms with E-state index in [-0.39, 0.29) is 18.1 Å². The monoisotopic (exact) mass is 550 g/mol. The standard InChI is InChI=1S/C29H46N2O6S/c1-2-3-20-38(35,36)31-27-14-11-24(12-15-27)10-6-9-19-37-18-8-5-4-7-17-30-22-29(34)25-13-16-28(33)26(21-25)23-32/h11-16,21,29-34H,2-10,17-20,22-23H2,1H3. The molecule has 0 amide bonds. The Kier molecular flexibility index (Phi) is 15.3. The summed E-state index contributed by atoms with van der Waals surface area (Å²) in [7, 11) is -3.26. The highest BCUT2D eigenvalue weighted by molar-refractivity contribution is 7.92. The number of benzene rings is 2. The van der Waals surface area contributed by atoms with Crippen LogP contribution >= 0.6 is 0 Å². The van der Waals surface area contributed by atoms with Gasteiger partial charge in [0.2, 0.25) is 10.0 Å². The van der Waals surface area contributed by atoms with Crippen LogP contribution in [0.3, 0.4) is 0 Å². The Morgan fingerprint density at radius 1 is 0.921 bits per heavy atom. The highest BCUT2D eigenvalue weighted by atomic mass is 32.2. The van der Waals surface area contributed by atoms with Crippen molar-refractivity contribution in [3.05, 3.63) is 59.2 Å². The molecule has 1 atom stereocenters. The van der Waals surface area contributed by atoms with Gasteiger partial charge in [-0.25, -0.2) is 8.42 Å². The van der Waals surface area contributed by atoms with Crippen LogP contribution in [0.4, 0.5) is 5.69 Å². The van der Waals surface area contributed by atoms with E-state index < -0.39 is 16.1 Å². The minimum absolute atomic E-state index is 0.0370. The van der Waals surface area contributed by atoms with Crippen LogP contribution in [0, 0.1) is 0 Å². The van der Waals surface area contributed by atoms with Crippen LogP contribution in [0.2, 0.25) is 0 Å². The van der Waals surface area contributed by atoms with Crippen molar-refractivity contribution in [3.8, 4) is 5.75 Å². The Balaban J connectivity index is 1.43. The zero-order valence-electron chi connectivity index (χ0n) is 22.7. The van der Waals surface area contributed by atoms with E-state index in [2.05, 4.69) is 10.0 Å². The van der Waals surface area contributed by atoms with E-state index in [9.17, 15) is 23.7 Å². The fourth-order valence-electron chi connectivity index (χ4n) is 4.04. The summed E-state index contributed by atoms with van der Waals surface area (Å²) in [6.45, 7) is 4.50. The molecule has 0 saturated carbocycles. The first-order valence-corrected chi connectivity index (χ1v) is 15.5.